The second-order valence-corrected chi connectivity index (χ2v) is 2.79. The van der Waals surface area contributed by atoms with Crippen LogP contribution in [0.15, 0.2) is 0 Å². The van der Waals surface area contributed by atoms with Crippen LogP contribution in [0.1, 0.15) is 19.8 Å². The summed E-state index contributed by atoms with van der Waals surface area (Å²) in [7, 11) is 0. The summed E-state index contributed by atoms with van der Waals surface area (Å²) in [5.74, 6) is -4.09. The number of carboxylic acid groups (broad SMARTS) is 1. The number of carboxylic acids is 1. The normalized spacial score (nSPS) is 11.9. The number of nitrogens with two attached hydrogens (primary N) is 1. The van der Waals surface area contributed by atoms with Crippen molar-refractivity contribution in [1.29, 1.82) is 0 Å². The summed E-state index contributed by atoms with van der Waals surface area (Å²) >= 11 is 0. The van der Waals surface area contributed by atoms with Crippen LogP contribution < -0.4 is 5.73 Å². The van der Waals surface area contributed by atoms with Crippen molar-refractivity contribution >= 4 is 23.3 Å². The number of rotatable bonds is 6. The lowest BCUT2D eigenvalue weighted by Crippen LogP contribution is -2.32. The van der Waals surface area contributed by atoms with Gasteiger partial charge in [0, 0.05) is 13.3 Å². The number of Topliss-reactive ketones (excluding diaryl/α,β-unsaturated/α-hetero) is 3. The molecule has 0 radical (unpaired) electrons. The first-order valence-electron chi connectivity index (χ1n) is 3.92. The number of hydrogen-bond donors (Lipinski definition) is 2. The number of carbonyl (C=O) groups is 4. The smallest absolute Gasteiger partial charge is 0.320 e. The molecule has 0 amide bonds. The van der Waals surface area contributed by atoms with Gasteiger partial charge in [-0.15, -0.1) is 0 Å². The minimum atomic E-state index is -1.24. The molecule has 0 rings (SSSR count). The Morgan fingerprint density at radius 1 is 1.29 bits per heavy atom. The van der Waals surface area contributed by atoms with Crippen molar-refractivity contribution in [3.8, 4) is 0 Å². The van der Waals surface area contributed by atoms with E-state index in [9.17, 15) is 19.2 Å². The van der Waals surface area contributed by atoms with Gasteiger partial charge in [-0.05, 0) is 6.42 Å². The second kappa shape index (κ2) is 5.23. The van der Waals surface area contributed by atoms with Crippen LogP contribution in [0, 0.1) is 0 Å². The minimum absolute atomic E-state index is 0.146. The Morgan fingerprint density at radius 2 is 1.79 bits per heavy atom. The second-order valence-electron chi connectivity index (χ2n) is 2.79. The molecule has 14 heavy (non-hydrogen) atoms. The van der Waals surface area contributed by atoms with Gasteiger partial charge in [-0.25, -0.2) is 0 Å². The van der Waals surface area contributed by atoms with E-state index >= 15 is 0 Å². The predicted molar refractivity (Wildman–Crippen MR) is 45.5 cm³/mol. The van der Waals surface area contributed by atoms with E-state index in [0.717, 1.165) is 6.92 Å². The molecule has 0 aromatic heterocycles. The van der Waals surface area contributed by atoms with E-state index in [1.807, 2.05) is 0 Å². The van der Waals surface area contributed by atoms with Gasteiger partial charge in [0.25, 0.3) is 5.78 Å². The monoisotopic (exact) mass is 201 g/mol. The minimum Gasteiger partial charge on any atom is -0.480 e. The molecule has 0 aliphatic carbocycles. The maximum Gasteiger partial charge on any atom is 0.320 e. The fraction of sp³-hybridized carbons (Fsp3) is 0.500. The molecule has 0 saturated carbocycles. The molecule has 6 nitrogen and oxygen atoms in total. The first-order valence-corrected chi connectivity index (χ1v) is 3.92. The average Bonchev–Trinajstić information content (AvgIpc) is 2.11. The molecule has 1 atom stereocenters. The number of hydrogen-bond acceptors (Lipinski definition) is 5. The molecule has 0 aliphatic heterocycles. The third kappa shape index (κ3) is 3.90. The van der Waals surface area contributed by atoms with Crippen LogP contribution in [-0.2, 0) is 19.2 Å². The highest BCUT2D eigenvalue weighted by molar-refractivity contribution is 6.63. The Hall–Kier alpha value is -1.56. The molecule has 0 aliphatic rings. The van der Waals surface area contributed by atoms with Gasteiger partial charge in [0.1, 0.15) is 6.04 Å². The lowest BCUT2D eigenvalue weighted by molar-refractivity contribution is -0.143. The standard InChI is InChI=1S/C8H11NO5/c1-4(10)7(12)6(11)3-2-5(9)8(13)14/h5H,2-3,9H2,1H3,(H,13,14). The van der Waals surface area contributed by atoms with Gasteiger partial charge in [0.2, 0.25) is 11.6 Å². The summed E-state index contributed by atoms with van der Waals surface area (Å²) in [6.45, 7) is 0.983. The fourth-order valence-corrected chi connectivity index (χ4v) is 0.720. The van der Waals surface area contributed by atoms with Crippen molar-refractivity contribution in [2.45, 2.75) is 25.8 Å². The molecule has 0 aromatic rings. The predicted octanol–water partition coefficient (Wildman–Crippen LogP) is -1.09. The summed E-state index contributed by atoms with van der Waals surface area (Å²) in [5.41, 5.74) is 5.09. The average molecular weight is 201 g/mol. The summed E-state index contributed by atoms with van der Waals surface area (Å²) < 4.78 is 0. The molecule has 1 unspecified atom stereocenters. The van der Waals surface area contributed by atoms with E-state index in [0.29, 0.717) is 0 Å². The SMILES string of the molecule is CC(=O)C(=O)C(=O)CCC(N)C(=O)O. The largest absolute Gasteiger partial charge is 0.480 e. The zero-order chi connectivity index (χ0) is 11.3. The van der Waals surface area contributed by atoms with E-state index in [1.54, 1.807) is 0 Å². The van der Waals surface area contributed by atoms with Crippen LogP contribution in [0.4, 0.5) is 0 Å². The third-order valence-corrected chi connectivity index (χ3v) is 1.57. The van der Waals surface area contributed by atoms with Crippen LogP contribution >= 0.6 is 0 Å². The molecule has 0 bridgehead atoms. The van der Waals surface area contributed by atoms with E-state index in [4.69, 9.17) is 10.8 Å². The molecular formula is C8H11NO5. The molecular weight excluding hydrogens is 190 g/mol. The lowest BCUT2D eigenvalue weighted by atomic mass is 10.1. The Morgan fingerprint density at radius 3 is 2.14 bits per heavy atom. The van der Waals surface area contributed by atoms with Crippen molar-refractivity contribution in [3.05, 3.63) is 0 Å². The molecule has 3 N–H and O–H groups in total. The molecule has 78 valence electrons. The van der Waals surface area contributed by atoms with Crippen LogP contribution in [0.3, 0.4) is 0 Å². The number of carbonyl (C=O) groups excluding carboxylic acids is 3. The van der Waals surface area contributed by atoms with Gasteiger partial charge in [-0.2, -0.15) is 0 Å². The van der Waals surface area contributed by atoms with Gasteiger partial charge in [-0.1, -0.05) is 0 Å². The highest BCUT2D eigenvalue weighted by atomic mass is 16.4. The van der Waals surface area contributed by atoms with Gasteiger partial charge in [0.15, 0.2) is 0 Å². The van der Waals surface area contributed by atoms with Crippen LogP contribution in [0.2, 0.25) is 0 Å². The van der Waals surface area contributed by atoms with Crippen LogP contribution in [0.5, 0.6) is 0 Å². The quantitative estimate of drug-likeness (QED) is 0.416. The molecule has 6 heteroatoms. The van der Waals surface area contributed by atoms with E-state index in [-0.39, 0.29) is 12.8 Å². The Labute approximate surface area is 80.1 Å². The van der Waals surface area contributed by atoms with Crippen molar-refractivity contribution in [2.75, 3.05) is 0 Å². The summed E-state index contributed by atoms with van der Waals surface area (Å²) in [5, 5.41) is 8.35. The lowest BCUT2D eigenvalue weighted by Gasteiger charge is -2.03. The first-order chi connectivity index (χ1) is 6.36. The van der Waals surface area contributed by atoms with Crippen molar-refractivity contribution < 1.29 is 24.3 Å². The van der Waals surface area contributed by atoms with Gasteiger partial charge >= 0.3 is 5.97 Å². The molecule has 0 spiro atoms. The molecule has 0 heterocycles. The molecule has 0 saturated heterocycles. The van der Waals surface area contributed by atoms with Crippen molar-refractivity contribution in [2.24, 2.45) is 5.73 Å². The van der Waals surface area contributed by atoms with E-state index < -0.39 is 29.4 Å². The van der Waals surface area contributed by atoms with Crippen LogP contribution in [0.25, 0.3) is 0 Å². The summed E-state index contributed by atoms with van der Waals surface area (Å²) in [4.78, 5) is 42.3. The highest BCUT2D eigenvalue weighted by Crippen LogP contribution is 1.97. The van der Waals surface area contributed by atoms with Gasteiger partial charge in [0.05, 0.1) is 0 Å². The Balaban J connectivity index is 4.04. The van der Waals surface area contributed by atoms with Crippen molar-refractivity contribution in [3.63, 3.8) is 0 Å². The third-order valence-electron chi connectivity index (χ3n) is 1.57. The first kappa shape index (κ1) is 12.4. The molecule has 0 aromatic carbocycles. The Bertz CT molecular complexity index is 283. The van der Waals surface area contributed by atoms with Gasteiger partial charge in [-0.3, -0.25) is 19.2 Å². The Kier molecular flexibility index (Phi) is 4.65. The topological polar surface area (TPSA) is 115 Å². The maximum absolute atomic E-state index is 10.9. The number of ketones is 3. The van der Waals surface area contributed by atoms with Gasteiger partial charge < -0.3 is 10.8 Å². The zero-order valence-corrected chi connectivity index (χ0v) is 7.65. The highest BCUT2D eigenvalue weighted by Gasteiger charge is 2.20. The van der Waals surface area contributed by atoms with Crippen LogP contribution in [-0.4, -0.2) is 34.5 Å². The summed E-state index contributed by atoms with van der Waals surface area (Å²) in [6, 6.07) is -1.18. The number of aliphatic carboxylic acids is 1. The maximum atomic E-state index is 10.9. The fourth-order valence-electron chi connectivity index (χ4n) is 0.720. The zero-order valence-electron chi connectivity index (χ0n) is 7.65. The van der Waals surface area contributed by atoms with E-state index in [1.165, 1.54) is 0 Å². The molecule has 0 fully saturated rings. The van der Waals surface area contributed by atoms with E-state index in [2.05, 4.69) is 0 Å². The van der Waals surface area contributed by atoms with Crippen molar-refractivity contribution in [1.82, 2.24) is 0 Å². The summed E-state index contributed by atoms with van der Waals surface area (Å²) in [6.07, 6.45) is -0.459.